The molecule has 20 heavy (non-hydrogen) atoms. The molecule has 0 bridgehead atoms. The van der Waals surface area contributed by atoms with Crippen LogP contribution in [0, 0.1) is 0 Å². The van der Waals surface area contributed by atoms with Crippen LogP contribution in [0.2, 0.25) is 0 Å². The van der Waals surface area contributed by atoms with E-state index in [-0.39, 0.29) is 0 Å². The number of halogens is 1. The smallest absolute Gasteiger partial charge is 0.256 e. The van der Waals surface area contributed by atoms with Gasteiger partial charge in [-0.2, -0.15) is 0 Å². The number of rotatable bonds is 7. The standard InChI is InChI=1S/C16H15ClO3/c17-16(18)14-9-4-5-10-15(14)20-12-6-11-19-13-7-2-1-3-8-13/h1-5,7-10H,6,11-12H2. The van der Waals surface area contributed by atoms with Gasteiger partial charge in [-0.05, 0) is 35.9 Å². The maximum absolute atomic E-state index is 11.2. The summed E-state index contributed by atoms with van der Waals surface area (Å²) in [6, 6.07) is 16.5. The lowest BCUT2D eigenvalue weighted by Crippen LogP contribution is -2.06. The highest BCUT2D eigenvalue weighted by Gasteiger charge is 2.08. The summed E-state index contributed by atoms with van der Waals surface area (Å²) in [5.74, 6) is 1.34. The molecule has 4 heteroatoms. The van der Waals surface area contributed by atoms with Gasteiger partial charge in [-0.25, -0.2) is 0 Å². The van der Waals surface area contributed by atoms with E-state index in [0.717, 1.165) is 12.2 Å². The van der Waals surface area contributed by atoms with Crippen LogP contribution >= 0.6 is 11.6 Å². The van der Waals surface area contributed by atoms with Gasteiger partial charge >= 0.3 is 0 Å². The second-order valence-electron chi connectivity index (χ2n) is 4.13. The van der Waals surface area contributed by atoms with Gasteiger partial charge in [0.1, 0.15) is 11.5 Å². The number of ether oxygens (including phenoxy) is 2. The molecule has 0 aromatic heterocycles. The summed E-state index contributed by atoms with van der Waals surface area (Å²) < 4.78 is 11.1. The maximum atomic E-state index is 11.2. The Morgan fingerprint density at radius 3 is 2.30 bits per heavy atom. The molecule has 0 radical (unpaired) electrons. The van der Waals surface area contributed by atoms with Crippen LogP contribution in [-0.2, 0) is 0 Å². The van der Waals surface area contributed by atoms with E-state index >= 15 is 0 Å². The molecule has 0 fully saturated rings. The summed E-state index contributed by atoms with van der Waals surface area (Å²) in [6.07, 6.45) is 0.722. The van der Waals surface area contributed by atoms with Crippen molar-refractivity contribution in [2.75, 3.05) is 13.2 Å². The lowest BCUT2D eigenvalue weighted by atomic mass is 10.2. The van der Waals surface area contributed by atoms with Crippen LogP contribution in [0.5, 0.6) is 11.5 Å². The largest absolute Gasteiger partial charge is 0.493 e. The van der Waals surface area contributed by atoms with Gasteiger partial charge in [0, 0.05) is 6.42 Å². The fourth-order valence-corrected chi connectivity index (χ4v) is 1.86. The minimum absolute atomic E-state index is 0.387. The third-order valence-corrected chi connectivity index (χ3v) is 2.86. The van der Waals surface area contributed by atoms with Crippen LogP contribution in [-0.4, -0.2) is 18.5 Å². The molecule has 0 heterocycles. The van der Waals surface area contributed by atoms with E-state index in [4.69, 9.17) is 21.1 Å². The van der Waals surface area contributed by atoms with Crippen molar-refractivity contribution in [1.82, 2.24) is 0 Å². The molecule has 0 aliphatic rings. The molecule has 0 N–H and O–H groups in total. The van der Waals surface area contributed by atoms with Crippen LogP contribution in [0.4, 0.5) is 0 Å². The molecule has 0 saturated carbocycles. The highest BCUT2D eigenvalue weighted by molar-refractivity contribution is 6.68. The topological polar surface area (TPSA) is 35.5 Å². The maximum Gasteiger partial charge on any atom is 0.256 e. The van der Waals surface area contributed by atoms with E-state index in [9.17, 15) is 4.79 Å². The first-order chi connectivity index (χ1) is 9.77. The first-order valence-electron chi connectivity index (χ1n) is 6.37. The van der Waals surface area contributed by atoms with Crippen LogP contribution < -0.4 is 9.47 Å². The number of para-hydroxylation sites is 2. The Morgan fingerprint density at radius 1 is 0.900 bits per heavy atom. The lowest BCUT2D eigenvalue weighted by Gasteiger charge is -2.09. The molecule has 2 aromatic carbocycles. The summed E-state index contributed by atoms with van der Waals surface area (Å²) in [5.41, 5.74) is 0.387. The minimum Gasteiger partial charge on any atom is -0.493 e. The average Bonchev–Trinajstić information content (AvgIpc) is 2.48. The number of carbonyl (C=O) groups is 1. The molecule has 0 aliphatic heterocycles. The van der Waals surface area contributed by atoms with Crippen molar-refractivity contribution in [2.24, 2.45) is 0 Å². The van der Waals surface area contributed by atoms with E-state index < -0.39 is 5.24 Å². The normalized spacial score (nSPS) is 10.1. The third kappa shape index (κ3) is 4.28. The highest BCUT2D eigenvalue weighted by atomic mass is 35.5. The van der Waals surface area contributed by atoms with E-state index in [0.29, 0.717) is 24.5 Å². The molecule has 0 saturated heterocycles. The fraction of sp³-hybridized carbons (Fsp3) is 0.188. The summed E-state index contributed by atoms with van der Waals surface area (Å²) >= 11 is 5.48. The Balaban J connectivity index is 1.75. The molecule has 3 nitrogen and oxygen atoms in total. The van der Waals surface area contributed by atoms with Crippen LogP contribution in [0.15, 0.2) is 54.6 Å². The Morgan fingerprint density at radius 2 is 1.55 bits per heavy atom. The molecule has 0 amide bonds. The Hall–Kier alpha value is -2.00. The van der Waals surface area contributed by atoms with Gasteiger partial charge in [0.15, 0.2) is 0 Å². The molecule has 0 atom stereocenters. The van der Waals surface area contributed by atoms with Crippen molar-refractivity contribution in [1.29, 1.82) is 0 Å². The van der Waals surface area contributed by atoms with E-state index in [2.05, 4.69) is 0 Å². The van der Waals surface area contributed by atoms with E-state index in [1.165, 1.54) is 0 Å². The summed E-state index contributed by atoms with van der Waals surface area (Å²) in [6.45, 7) is 1.02. The van der Waals surface area contributed by atoms with Gasteiger partial charge in [-0.3, -0.25) is 4.79 Å². The Kier molecular flexibility index (Phi) is 5.44. The quantitative estimate of drug-likeness (QED) is 0.573. The zero-order chi connectivity index (χ0) is 14.2. The summed E-state index contributed by atoms with van der Waals surface area (Å²) in [5, 5.41) is -0.513. The zero-order valence-electron chi connectivity index (χ0n) is 10.9. The predicted molar refractivity (Wildman–Crippen MR) is 78.7 cm³/mol. The average molecular weight is 291 g/mol. The molecule has 0 spiro atoms. The van der Waals surface area contributed by atoms with Gasteiger partial charge in [0.25, 0.3) is 5.24 Å². The fourth-order valence-electron chi connectivity index (χ4n) is 1.70. The molecule has 2 aromatic rings. The molecule has 104 valence electrons. The molecular formula is C16H15ClO3. The van der Waals surface area contributed by atoms with E-state index in [1.54, 1.807) is 24.3 Å². The van der Waals surface area contributed by atoms with Crippen molar-refractivity contribution in [3.8, 4) is 11.5 Å². The number of hydrogen-bond donors (Lipinski definition) is 0. The van der Waals surface area contributed by atoms with Gasteiger partial charge in [-0.1, -0.05) is 30.3 Å². The summed E-state index contributed by atoms with van der Waals surface area (Å²) in [4.78, 5) is 11.2. The zero-order valence-corrected chi connectivity index (χ0v) is 11.7. The first-order valence-corrected chi connectivity index (χ1v) is 6.74. The van der Waals surface area contributed by atoms with E-state index in [1.807, 2.05) is 30.3 Å². The van der Waals surface area contributed by atoms with Crippen molar-refractivity contribution in [3.63, 3.8) is 0 Å². The van der Waals surface area contributed by atoms with Crippen LogP contribution in [0.1, 0.15) is 16.8 Å². The SMILES string of the molecule is O=C(Cl)c1ccccc1OCCCOc1ccccc1. The Labute approximate surface area is 123 Å². The monoisotopic (exact) mass is 290 g/mol. The van der Waals surface area contributed by atoms with Gasteiger partial charge in [0.05, 0.1) is 18.8 Å². The molecule has 0 aliphatic carbocycles. The third-order valence-electron chi connectivity index (χ3n) is 2.66. The molecular weight excluding hydrogens is 276 g/mol. The van der Waals surface area contributed by atoms with Crippen molar-refractivity contribution < 1.29 is 14.3 Å². The number of benzene rings is 2. The minimum atomic E-state index is -0.513. The van der Waals surface area contributed by atoms with Gasteiger partial charge in [-0.15, -0.1) is 0 Å². The second-order valence-corrected chi connectivity index (χ2v) is 4.48. The summed E-state index contributed by atoms with van der Waals surface area (Å²) in [7, 11) is 0. The van der Waals surface area contributed by atoms with Gasteiger partial charge in [0.2, 0.25) is 0 Å². The van der Waals surface area contributed by atoms with Crippen molar-refractivity contribution in [2.45, 2.75) is 6.42 Å². The molecule has 2 rings (SSSR count). The van der Waals surface area contributed by atoms with Crippen molar-refractivity contribution >= 4 is 16.8 Å². The number of carbonyl (C=O) groups excluding carboxylic acids is 1. The molecule has 0 unspecified atom stereocenters. The van der Waals surface area contributed by atoms with Gasteiger partial charge < -0.3 is 9.47 Å². The Bertz CT molecular complexity index is 555. The van der Waals surface area contributed by atoms with Crippen LogP contribution in [0.25, 0.3) is 0 Å². The lowest BCUT2D eigenvalue weighted by molar-refractivity contribution is 0.107. The first kappa shape index (κ1) is 14.4. The van der Waals surface area contributed by atoms with Crippen molar-refractivity contribution in [3.05, 3.63) is 60.2 Å². The highest BCUT2D eigenvalue weighted by Crippen LogP contribution is 2.20. The number of hydrogen-bond acceptors (Lipinski definition) is 3. The predicted octanol–water partition coefficient (Wildman–Crippen LogP) is 3.91. The van der Waals surface area contributed by atoms with Crippen LogP contribution in [0.3, 0.4) is 0 Å². The second kappa shape index (κ2) is 7.56.